The molecule has 4 heterocycles. The zero-order valence-electron chi connectivity index (χ0n) is 25.3. The fourth-order valence-corrected chi connectivity index (χ4v) is 7.44. The summed E-state index contributed by atoms with van der Waals surface area (Å²) >= 11 is 6.37. The number of methoxy groups -OCH3 is 1. The number of rotatable bonds is 7. The van der Waals surface area contributed by atoms with Gasteiger partial charge in [-0.2, -0.15) is 0 Å². The summed E-state index contributed by atoms with van der Waals surface area (Å²) in [7, 11) is 3.56. The number of piperidine rings is 1. The summed E-state index contributed by atoms with van der Waals surface area (Å²) in [5.74, 6) is 0.782. The molecule has 45 heavy (non-hydrogen) atoms. The fraction of sp³-hybridized carbons (Fsp3) is 0.382. The van der Waals surface area contributed by atoms with Crippen molar-refractivity contribution in [1.82, 2.24) is 14.8 Å². The van der Waals surface area contributed by atoms with E-state index in [1.807, 2.05) is 31.3 Å². The molecule has 1 atom stereocenters. The first-order valence-corrected chi connectivity index (χ1v) is 15.8. The number of phenols is 1. The maximum absolute atomic E-state index is 13.9. The van der Waals surface area contributed by atoms with Gasteiger partial charge in [0, 0.05) is 53.2 Å². The van der Waals surface area contributed by atoms with Crippen molar-refractivity contribution in [2.45, 2.75) is 25.2 Å². The number of likely N-dealkylation sites (tertiary alicyclic amines) is 2. The largest absolute Gasteiger partial charge is 0.507 e. The van der Waals surface area contributed by atoms with Gasteiger partial charge >= 0.3 is 0 Å². The van der Waals surface area contributed by atoms with Gasteiger partial charge in [-0.1, -0.05) is 24.3 Å². The smallest absolute Gasteiger partial charge is 0.274 e. The van der Waals surface area contributed by atoms with E-state index in [1.54, 1.807) is 29.2 Å². The number of alkyl halides is 1. The van der Waals surface area contributed by atoms with Crippen molar-refractivity contribution in [3.05, 3.63) is 59.8 Å². The predicted molar refractivity (Wildman–Crippen MR) is 172 cm³/mol. The number of H-pyrrole nitrogens is 1. The number of imide groups is 1. The molecule has 2 N–H and O–H groups in total. The van der Waals surface area contributed by atoms with Gasteiger partial charge in [0.25, 0.3) is 5.91 Å². The van der Waals surface area contributed by atoms with Crippen LogP contribution in [-0.4, -0.2) is 90.4 Å². The number of aromatic hydroxyl groups is 1. The first-order chi connectivity index (χ1) is 21.7. The molecule has 4 aromatic rings. The van der Waals surface area contributed by atoms with Gasteiger partial charge in [0.1, 0.15) is 18.1 Å². The lowest BCUT2D eigenvalue weighted by Gasteiger charge is -2.35. The SMILES string of the molecule is COc1cc2[nH]c(C(=O)N3CC(CCl)c4c3cc(O)c3ccccc43)cc2cc1OCCN1C(=O)CC2(CCN(C)CC2)C1=O. The molecular formula is C34H35ClN4O6. The maximum atomic E-state index is 13.9. The highest BCUT2D eigenvalue weighted by atomic mass is 35.5. The van der Waals surface area contributed by atoms with Crippen molar-refractivity contribution in [2.24, 2.45) is 5.41 Å². The summed E-state index contributed by atoms with van der Waals surface area (Å²) < 4.78 is 11.6. The molecule has 234 valence electrons. The number of phenolic OH excluding ortho intramolecular Hbond substituents is 1. The molecule has 3 aromatic carbocycles. The number of carbonyl (C=O) groups is 3. The summed E-state index contributed by atoms with van der Waals surface area (Å²) in [6, 6.07) is 14.5. The lowest BCUT2D eigenvalue weighted by molar-refractivity contribution is -0.142. The van der Waals surface area contributed by atoms with Crippen LogP contribution in [0.1, 0.15) is 41.2 Å². The Morgan fingerprint density at radius 3 is 2.58 bits per heavy atom. The number of halogens is 1. The number of hydrogen-bond donors (Lipinski definition) is 2. The van der Waals surface area contributed by atoms with Crippen molar-refractivity contribution >= 4 is 56.7 Å². The highest BCUT2D eigenvalue weighted by molar-refractivity contribution is 6.19. The molecule has 7 rings (SSSR count). The van der Waals surface area contributed by atoms with Crippen molar-refractivity contribution in [2.75, 3.05) is 57.7 Å². The van der Waals surface area contributed by atoms with Gasteiger partial charge in [0.05, 0.1) is 24.8 Å². The third-order valence-electron chi connectivity index (χ3n) is 9.72. The van der Waals surface area contributed by atoms with Crippen LogP contribution in [0.5, 0.6) is 17.2 Å². The fourth-order valence-electron chi connectivity index (χ4n) is 7.19. The van der Waals surface area contributed by atoms with E-state index < -0.39 is 5.41 Å². The molecule has 11 heteroatoms. The van der Waals surface area contributed by atoms with Gasteiger partial charge in [-0.25, -0.2) is 0 Å². The average molecular weight is 631 g/mol. The third kappa shape index (κ3) is 4.87. The van der Waals surface area contributed by atoms with E-state index in [4.69, 9.17) is 21.1 Å². The summed E-state index contributed by atoms with van der Waals surface area (Å²) in [4.78, 5) is 48.4. The molecule has 2 saturated heterocycles. The van der Waals surface area contributed by atoms with E-state index in [-0.39, 0.29) is 49.0 Å². The van der Waals surface area contributed by atoms with Crippen LogP contribution >= 0.6 is 11.6 Å². The number of nitrogens with one attached hydrogen (secondary N) is 1. The molecule has 2 fully saturated rings. The first kappa shape index (κ1) is 29.4. The predicted octanol–water partition coefficient (Wildman–Crippen LogP) is 4.87. The molecule has 1 unspecified atom stereocenters. The molecule has 0 saturated carbocycles. The maximum Gasteiger partial charge on any atom is 0.274 e. The van der Waals surface area contributed by atoms with Gasteiger partial charge in [-0.15, -0.1) is 11.6 Å². The van der Waals surface area contributed by atoms with E-state index >= 15 is 0 Å². The van der Waals surface area contributed by atoms with Crippen molar-refractivity contribution in [3.8, 4) is 17.2 Å². The van der Waals surface area contributed by atoms with Crippen molar-refractivity contribution < 1.29 is 29.0 Å². The van der Waals surface area contributed by atoms with Gasteiger partial charge in [-0.05, 0) is 56.1 Å². The number of aromatic nitrogens is 1. The summed E-state index contributed by atoms with van der Waals surface area (Å²) in [5.41, 5.74) is 2.08. The molecule has 3 aliphatic heterocycles. The number of aromatic amines is 1. The number of ether oxygens (including phenoxy) is 2. The molecule has 0 bridgehead atoms. The Balaban J connectivity index is 1.10. The van der Waals surface area contributed by atoms with Gasteiger partial charge < -0.3 is 29.4 Å². The molecule has 3 aliphatic rings. The molecule has 1 aromatic heterocycles. The zero-order chi connectivity index (χ0) is 31.5. The van der Waals surface area contributed by atoms with Crippen LogP contribution in [0.3, 0.4) is 0 Å². The van der Waals surface area contributed by atoms with Gasteiger partial charge in [-0.3, -0.25) is 19.3 Å². The Hall–Kier alpha value is -4.28. The quantitative estimate of drug-likeness (QED) is 0.221. The monoisotopic (exact) mass is 630 g/mol. The lowest BCUT2D eigenvalue weighted by atomic mass is 9.77. The normalized spacial score (nSPS) is 19.7. The second-order valence-electron chi connectivity index (χ2n) is 12.4. The van der Waals surface area contributed by atoms with E-state index in [2.05, 4.69) is 9.88 Å². The van der Waals surface area contributed by atoms with Crippen LogP contribution in [0.4, 0.5) is 5.69 Å². The number of anilines is 1. The Morgan fingerprint density at radius 1 is 1.09 bits per heavy atom. The summed E-state index contributed by atoms with van der Waals surface area (Å²) in [6.07, 6.45) is 1.65. The highest BCUT2D eigenvalue weighted by Crippen LogP contribution is 2.46. The number of carbonyl (C=O) groups excluding carboxylic acids is 3. The van der Waals surface area contributed by atoms with E-state index in [0.717, 1.165) is 34.8 Å². The van der Waals surface area contributed by atoms with Gasteiger partial charge in [0.15, 0.2) is 11.5 Å². The Morgan fingerprint density at radius 2 is 1.84 bits per heavy atom. The Kier molecular flexibility index (Phi) is 7.37. The number of benzene rings is 3. The van der Waals surface area contributed by atoms with Gasteiger partial charge in [0.2, 0.25) is 11.8 Å². The molecule has 0 radical (unpaired) electrons. The van der Waals surface area contributed by atoms with Crippen molar-refractivity contribution in [3.63, 3.8) is 0 Å². The zero-order valence-corrected chi connectivity index (χ0v) is 26.0. The standard InChI is InChI=1S/C34H35ClN4O6/c1-37-9-7-34(8-10-37)17-30(41)38(33(34)43)11-12-45-29-14-20-13-25(36-24(20)15-28(29)44-2)32(42)39-19-21(18-35)31-23-6-4-3-5-22(23)27(40)16-26(31)39/h3-6,13-16,21,36,40H,7-12,17-19H2,1-2H3. The van der Waals surface area contributed by atoms with Crippen LogP contribution in [0.2, 0.25) is 0 Å². The number of nitrogens with zero attached hydrogens (tertiary/aromatic N) is 3. The minimum Gasteiger partial charge on any atom is -0.507 e. The van der Waals surface area contributed by atoms with Crippen LogP contribution in [0.15, 0.2) is 48.5 Å². The molecule has 1 spiro atoms. The second-order valence-corrected chi connectivity index (χ2v) is 12.7. The van der Waals surface area contributed by atoms with Crippen molar-refractivity contribution in [1.29, 1.82) is 0 Å². The van der Waals surface area contributed by atoms with Crippen LogP contribution in [0.25, 0.3) is 21.7 Å². The second kappa shape index (κ2) is 11.3. The first-order valence-electron chi connectivity index (χ1n) is 15.2. The average Bonchev–Trinajstić information content (AvgIpc) is 3.70. The van der Waals surface area contributed by atoms with E-state index in [1.165, 1.54) is 12.0 Å². The minimum absolute atomic E-state index is 0.0794. The summed E-state index contributed by atoms with van der Waals surface area (Å²) in [6.45, 7) is 2.28. The Labute approximate surface area is 265 Å². The lowest BCUT2D eigenvalue weighted by Crippen LogP contribution is -2.44. The topological polar surface area (TPSA) is 115 Å². The molecular weight excluding hydrogens is 596 g/mol. The van der Waals surface area contributed by atoms with Crippen LogP contribution in [0, 0.1) is 5.41 Å². The molecule has 3 amide bonds. The third-order valence-corrected chi connectivity index (χ3v) is 10.1. The Bertz CT molecular complexity index is 1850. The number of fused-ring (bicyclic) bond motifs is 4. The highest BCUT2D eigenvalue weighted by Gasteiger charge is 2.52. The van der Waals surface area contributed by atoms with E-state index in [9.17, 15) is 19.5 Å². The molecule has 0 aliphatic carbocycles. The van der Waals surface area contributed by atoms with Crippen LogP contribution < -0.4 is 14.4 Å². The van der Waals surface area contributed by atoms with Crippen LogP contribution in [-0.2, 0) is 9.59 Å². The number of amides is 3. The number of hydrogen-bond acceptors (Lipinski definition) is 7. The molecule has 10 nitrogen and oxygen atoms in total. The minimum atomic E-state index is -0.584. The van der Waals surface area contributed by atoms with E-state index in [0.29, 0.717) is 53.7 Å². The summed E-state index contributed by atoms with van der Waals surface area (Å²) in [5, 5.41) is 13.1.